The van der Waals surface area contributed by atoms with Gasteiger partial charge in [0.05, 0.1) is 4.47 Å². The summed E-state index contributed by atoms with van der Waals surface area (Å²) in [4.78, 5) is 3.05. The van der Waals surface area contributed by atoms with E-state index in [4.69, 9.17) is 17.3 Å². The third-order valence-electron chi connectivity index (χ3n) is 3.87. The van der Waals surface area contributed by atoms with Gasteiger partial charge in [0.2, 0.25) is 0 Å². The number of aromatic nitrogens is 2. The highest BCUT2D eigenvalue weighted by molar-refractivity contribution is 9.10. The minimum atomic E-state index is -0.552. The van der Waals surface area contributed by atoms with Crippen LogP contribution in [-0.4, -0.2) is 21.3 Å². The number of fused-ring (bicyclic) bond motifs is 1. The van der Waals surface area contributed by atoms with Crippen LogP contribution in [0.5, 0.6) is 0 Å². The number of nitrogens with one attached hydrogen (secondary N) is 1. The highest BCUT2D eigenvalue weighted by Crippen LogP contribution is 2.36. The molecule has 0 saturated carbocycles. The summed E-state index contributed by atoms with van der Waals surface area (Å²) >= 11 is 8.34. The van der Waals surface area contributed by atoms with Crippen LogP contribution in [0, 0.1) is 16.4 Å². The van der Waals surface area contributed by atoms with Gasteiger partial charge >= 0.3 is 0 Å². The number of imidazole rings is 1. The first kappa shape index (κ1) is 14.9. The topological polar surface area (TPSA) is 40.9 Å². The maximum Gasteiger partial charge on any atom is 0.177 e. The second-order valence-corrected chi connectivity index (χ2v) is 6.34. The molecule has 0 aliphatic carbocycles. The molecule has 1 atom stereocenters. The molecule has 112 valence electrons. The van der Waals surface area contributed by atoms with Gasteiger partial charge in [0.15, 0.2) is 4.77 Å². The van der Waals surface area contributed by atoms with Crippen molar-refractivity contribution in [3.05, 3.63) is 50.0 Å². The minimum absolute atomic E-state index is 0.00651. The van der Waals surface area contributed by atoms with Crippen LogP contribution in [0.15, 0.2) is 16.6 Å². The molecule has 1 aromatic heterocycles. The molecule has 3 rings (SSSR count). The largest absolute Gasteiger partial charge is 0.396 e. The van der Waals surface area contributed by atoms with E-state index in [2.05, 4.69) is 20.9 Å². The Balaban J connectivity index is 2.01. The molecule has 2 aromatic rings. The highest BCUT2D eigenvalue weighted by Gasteiger charge is 2.31. The van der Waals surface area contributed by atoms with Crippen LogP contribution in [0.25, 0.3) is 0 Å². The Morgan fingerprint density at radius 1 is 1.43 bits per heavy atom. The molecule has 1 aromatic carbocycles. The summed E-state index contributed by atoms with van der Waals surface area (Å²) in [5.74, 6) is -1.37. The zero-order valence-corrected chi connectivity index (χ0v) is 13.4. The van der Waals surface area contributed by atoms with Crippen molar-refractivity contribution in [1.29, 1.82) is 0 Å². The van der Waals surface area contributed by atoms with E-state index in [0.717, 1.165) is 11.4 Å². The van der Waals surface area contributed by atoms with Crippen molar-refractivity contribution in [3.63, 3.8) is 0 Å². The SMILES string of the molecule is OCCc1[nH]c(=S)n2c1CC(c1c(F)ccc(Br)c1F)C2. The Bertz CT molecular complexity index is 756. The summed E-state index contributed by atoms with van der Waals surface area (Å²) < 4.78 is 30.9. The number of halogens is 3. The normalized spacial score (nSPS) is 17.2. The third kappa shape index (κ3) is 2.47. The molecule has 1 aliphatic heterocycles. The quantitative estimate of drug-likeness (QED) is 0.637. The zero-order chi connectivity index (χ0) is 15.1. The van der Waals surface area contributed by atoms with Crippen LogP contribution < -0.4 is 0 Å². The average Bonchev–Trinajstić information content (AvgIpc) is 2.98. The highest BCUT2D eigenvalue weighted by atomic mass is 79.9. The van der Waals surface area contributed by atoms with Gasteiger partial charge in [-0.15, -0.1) is 0 Å². The molecule has 0 bridgehead atoms. The molecule has 1 unspecified atom stereocenters. The Morgan fingerprint density at radius 3 is 2.90 bits per heavy atom. The summed E-state index contributed by atoms with van der Waals surface area (Å²) in [6, 6.07) is 2.64. The predicted octanol–water partition coefficient (Wildman–Crippen LogP) is 3.46. The van der Waals surface area contributed by atoms with Gasteiger partial charge < -0.3 is 14.7 Å². The molecule has 0 spiro atoms. The molecule has 0 amide bonds. The molecular formula is C14H13BrF2N2OS. The standard InChI is InChI=1S/C14H13BrF2N2OS/c15-8-1-2-9(16)12(13(8)17)7-5-11-10(3-4-20)18-14(21)19(11)6-7/h1-2,7,20H,3-6H2,(H,18,21). The lowest BCUT2D eigenvalue weighted by molar-refractivity contribution is 0.298. The number of hydrogen-bond donors (Lipinski definition) is 2. The fraction of sp³-hybridized carbons (Fsp3) is 0.357. The predicted molar refractivity (Wildman–Crippen MR) is 80.9 cm³/mol. The zero-order valence-electron chi connectivity index (χ0n) is 11.0. The number of aliphatic hydroxyl groups is 1. The monoisotopic (exact) mass is 374 g/mol. The van der Waals surface area contributed by atoms with Gasteiger partial charge in [-0.1, -0.05) is 0 Å². The van der Waals surface area contributed by atoms with E-state index in [-0.39, 0.29) is 22.6 Å². The van der Waals surface area contributed by atoms with E-state index in [1.165, 1.54) is 12.1 Å². The van der Waals surface area contributed by atoms with E-state index >= 15 is 0 Å². The van der Waals surface area contributed by atoms with Crippen molar-refractivity contribution in [2.75, 3.05) is 6.61 Å². The molecule has 2 heterocycles. The van der Waals surface area contributed by atoms with Gasteiger partial charge in [0.1, 0.15) is 11.6 Å². The molecule has 21 heavy (non-hydrogen) atoms. The molecule has 3 nitrogen and oxygen atoms in total. The summed E-state index contributed by atoms with van der Waals surface area (Å²) in [5.41, 5.74) is 1.87. The first-order chi connectivity index (χ1) is 10.0. The number of hydrogen-bond acceptors (Lipinski definition) is 2. The lowest BCUT2D eigenvalue weighted by Gasteiger charge is -2.13. The fourth-order valence-corrected chi connectivity index (χ4v) is 3.58. The fourth-order valence-electron chi connectivity index (χ4n) is 2.93. The summed E-state index contributed by atoms with van der Waals surface area (Å²) in [6.07, 6.45) is 0.967. The van der Waals surface area contributed by atoms with Gasteiger partial charge in [0.25, 0.3) is 0 Å². The van der Waals surface area contributed by atoms with Crippen molar-refractivity contribution in [2.24, 2.45) is 0 Å². The number of aliphatic hydroxyl groups excluding tert-OH is 1. The van der Waals surface area contributed by atoms with Gasteiger partial charge in [-0.05, 0) is 46.7 Å². The molecule has 7 heteroatoms. The summed E-state index contributed by atoms with van der Waals surface area (Å²) in [7, 11) is 0. The Labute approximate surface area is 133 Å². The Hall–Kier alpha value is -1.05. The van der Waals surface area contributed by atoms with Gasteiger partial charge in [-0.3, -0.25) is 0 Å². The van der Waals surface area contributed by atoms with Crippen LogP contribution in [0.3, 0.4) is 0 Å². The van der Waals surface area contributed by atoms with Gasteiger partial charge in [-0.2, -0.15) is 0 Å². The molecular weight excluding hydrogens is 362 g/mol. The van der Waals surface area contributed by atoms with E-state index in [9.17, 15) is 8.78 Å². The molecule has 0 fully saturated rings. The summed E-state index contributed by atoms with van der Waals surface area (Å²) in [6.45, 7) is 0.451. The summed E-state index contributed by atoms with van der Waals surface area (Å²) in [5, 5.41) is 9.08. The Kier molecular flexibility index (Phi) is 3.98. The molecule has 2 N–H and O–H groups in total. The maximum absolute atomic E-state index is 14.2. The van der Waals surface area contributed by atoms with Crippen molar-refractivity contribution in [3.8, 4) is 0 Å². The molecule has 0 radical (unpaired) electrons. The van der Waals surface area contributed by atoms with Crippen LogP contribution >= 0.6 is 28.1 Å². The maximum atomic E-state index is 14.2. The minimum Gasteiger partial charge on any atom is -0.396 e. The average molecular weight is 375 g/mol. The third-order valence-corrected chi connectivity index (χ3v) is 4.80. The van der Waals surface area contributed by atoms with E-state index in [0.29, 0.717) is 24.2 Å². The number of aromatic amines is 1. The van der Waals surface area contributed by atoms with Crippen LogP contribution in [0.2, 0.25) is 0 Å². The molecule has 0 saturated heterocycles. The number of rotatable bonds is 3. The van der Waals surface area contributed by atoms with E-state index < -0.39 is 11.6 Å². The van der Waals surface area contributed by atoms with Crippen LogP contribution in [0.4, 0.5) is 8.78 Å². The smallest absolute Gasteiger partial charge is 0.177 e. The first-order valence-electron chi connectivity index (χ1n) is 6.57. The van der Waals surface area contributed by atoms with E-state index in [1.54, 1.807) is 0 Å². The number of benzene rings is 1. The van der Waals surface area contributed by atoms with Crippen molar-refractivity contribution in [1.82, 2.24) is 9.55 Å². The van der Waals surface area contributed by atoms with Gasteiger partial charge in [-0.25, -0.2) is 8.78 Å². The van der Waals surface area contributed by atoms with Crippen LogP contribution in [-0.2, 0) is 19.4 Å². The van der Waals surface area contributed by atoms with Gasteiger partial charge in [0, 0.05) is 42.4 Å². The lowest BCUT2D eigenvalue weighted by Crippen LogP contribution is -2.08. The second-order valence-electron chi connectivity index (χ2n) is 5.10. The number of nitrogens with zero attached hydrogens (tertiary/aromatic N) is 1. The number of H-pyrrole nitrogens is 1. The van der Waals surface area contributed by atoms with Crippen molar-refractivity contribution >= 4 is 28.1 Å². The van der Waals surface area contributed by atoms with E-state index in [1.807, 2.05) is 4.57 Å². The van der Waals surface area contributed by atoms with Crippen LogP contribution in [0.1, 0.15) is 22.9 Å². The van der Waals surface area contributed by atoms with Crippen molar-refractivity contribution in [2.45, 2.75) is 25.3 Å². The second kappa shape index (κ2) is 5.62. The first-order valence-corrected chi connectivity index (χ1v) is 7.77. The Morgan fingerprint density at radius 2 is 2.19 bits per heavy atom. The lowest BCUT2D eigenvalue weighted by atomic mass is 9.95. The van der Waals surface area contributed by atoms with Crippen molar-refractivity contribution < 1.29 is 13.9 Å². The molecule has 1 aliphatic rings.